The number of alkyl halides is 4. The van der Waals surface area contributed by atoms with Gasteiger partial charge in [-0.25, -0.2) is 13.6 Å². The Kier molecular flexibility index (Phi) is 7.90. The Balaban J connectivity index is 5.42. The molecular formula is C18H30F4O5. The zero-order valence-corrected chi connectivity index (χ0v) is 17.2. The van der Waals surface area contributed by atoms with Crippen LogP contribution in [0.3, 0.4) is 0 Å². The smallest absolute Gasteiger partial charge is 0.380 e. The molecule has 9 heteroatoms. The molecule has 160 valence electrons. The molecule has 0 aromatic carbocycles. The lowest BCUT2D eigenvalue weighted by Crippen LogP contribution is -2.49. The summed E-state index contributed by atoms with van der Waals surface area (Å²) in [5, 5.41) is 0. The van der Waals surface area contributed by atoms with Crippen LogP contribution in [0.4, 0.5) is 17.6 Å². The molecule has 1 unspecified atom stereocenters. The first kappa shape index (κ1) is 25.6. The molecule has 0 radical (unpaired) electrons. The maximum atomic E-state index is 13.4. The Morgan fingerprint density at radius 3 is 1.67 bits per heavy atom. The van der Waals surface area contributed by atoms with Crippen molar-refractivity contribution < 1.29 is 41.4 Å². The van der Waals surface area contributed by atoms with E-state index < -0.39 is 53.6 Å². The normalized spacial score (nSPS) is 15.9. The third kappa shape index (κ3) is 7.63. The fraction of sp³-hybridized carbons (Fsp3) is 0.889. The van der Waals surface area contributed by atoms with Crippen molar-refractivity contribution in [3.05, 3.63) is 0 Å². The van der Waals surface area contributed by atoms with Crippen molar-refractivity contribution in [1.29, 1.82) is 0 Å². The van der Waals surface area contributed by atoms with Crippen molar-refractivity contribution in [2.45, 2.75) is 91.5 Å². The predicted octanol–water partition coefficient (Wildman–Crippen LogP) is 4.72. The topological polar surface area (TPSA) is 61.8 Å². The van der Waals surface area contributed by atoms with Gasteiger partial charge in [0.05, 0.1) is 12.0 Å². The number of hydrogen-bond acceptors (Lipinski definition) is 5. The van der Waals surface area contributed by atoms with E-state index in [0.29, 0.717) is 6.42 Å². The fourth-order valence-corrected chi connectivity index (χ4v) is 1.55. The molecule has 5 nitrogen and oxygen atoms in total. The van der Waals surface area contributed by atoms with Gasteiger partial charge >= 0.3 is 29.6 Å². The molecule has 0 bridgehead atoms. The first-order valence-corrected chi connectivity index (χ1v) is 8.64. The summed E-state index contributed by atoms with van der Waals surface area (Å²) in [6.07, 6.45) is -1.00. The molecule has 0 aromatic heterocycles. The van der Waals surface area contributed by atoms with Crippen LogP contribution >= 0.6 is 0 Å². The van der Waals surface area contributed by atoms with Crippen LogP contribution in [0.1, 0.15) is 68.2 Å². The van der Waals surface area contributed by atoms with Gasteiger partial charge in [0, 0.05) is 20.3 Å². The fourth-order valence-electron chi connectivity index (χ4n) is 1.55. The van der Waals surface area contributed by atoms with Crippen LogP contribution < -0.4 is 0 Å². The second-order valence-corrected chi connectivity index (χ2v) is 8.27. The highest BCUT2D eigenvalue weighted by Gasteiger charge is 2.52. The van der Waals surface area contributed by atoms with Gasteiger partial charge in [-0.05, 0) is 41.0 Å². The zero-order chi connectivity index (χ0) is 21.9. The summed E-state index contributed by atoms with van der Waals surface area (Å²) in [5.41, 5.74) is -1.96. The van der Waals surface area contributed by atoms with Crippen molar-refractivity contribution in [2.75, 3.05) is 6.61 Å². The Labute approximate surface area is 157 Å². The molecule has 0 saturated heterocycles. The van der Waals surface area contributed by atoms with E-state index in [4.69, 9.17) is 14.2 Å². The number of ether oxygens (including phenoxy) is 3. The number of esters is 2. The van der Waals surface area contributed by atoms with Gasteiger partial charge in [0.15, 0.2) is 0 Å². The Morgan fingerprint density at radius 1 is 0.815 bits per heavy atom. The maximum Gasteiger partial charge on any atom is 0.380 e. The van der Waals surface area contributed by atoms with Crippen LogP contribution in [0.5, 0.6) is 0 Å². The van der Waals surface area contributed by atoms with E-state index in [9.17, 15) is 27.2 Å². The highest BCUT2D eigenvalue weighted by Crippen LogP contribution is 2.37. The Hall–Kier alpha value is -1.38. The lowest BCUT2D eigenvalue weighted by Gasteiger charge is -2.34. The van der Waals surface area contributed by atoms with Crippen LogP contribution in [0.25, 0.3) is 0 Å². The summed E-state index contributed by atoms with van der Waals surface area (Å²) in [6, 6.07) is 0. The number of rotatable bonds is 9. The van der Waals surface area contributed by atoms with Gasteiger partial charge in [0.2, 0.25) is 0 Å². The molecule has 0 spiro atoms. The Bertz CT molecular complexity index is 535. The summed E-state index contributed by atoms with van der Waals surface area (Å²) in [7, 11) is 0. The van der Waals surface area contributed by atoms with Gasteiger partial charge in [0.25, 0.3) is 0 Å². The minimum atomic E-state index is -4.35. The molecule has 27 heavy (non-hydrogen) atoms. The summed E-state index contributed by atoms with van der Waals surface area (Å²) in [6.45, 7) is 9.67. The molecule has 0 aromatic rings. The number of halogens is 4. The van der Waals surface area contributed by atoms with Crippen molar-refractivity contribution in [3.63, 3.8) is 0 Å². The number of hydrogen-bond donors (Lipinski definition) is 0. The van der Waals surface area contributed by atoms with Crippen molar-refractivity contribution in [3.8, 4) is 0 Å². The van der Waals surface area contributed by atoms with E-state index in [1.165, 1.54) is 0 Å². The van der Waals surface area contributed by atoms with Crippen molar-refractivity contribution >= 4 is 11.9 Å². The minimum absolute atomic E-state index is 0.0872. The molecular weight excluding hydrogens is 372 g/mol. The van der Waals surface area contributed by atoms with Crippen molar-refractivity contribution in [1.82, 2.24) is 0 Å². The number of carbonyl (C=O) groups is 2. The second kappa shape index (κ2) is 8.32. The molecule has 1 atom stereocenters. The Morgan fingerprint density at radius 2 is 1.30 bits per heavy atom. The molecule has 0 rings (SSSR count). The van der Waals surface area contributed by atoms with Gasteiger partial charge in [-0.2, -0.15) is 8.78 Å². The van der Waals surface area contributed by atoms with E-state index in [1.54, 1.807) is 41.5 Å². The summed E-state index contributed by atoms with van der Waals surface area (Å²) in [4.78, 5) is 24.7. The molecule has 0 aliphatic heterocycles. The zero-order valence-electron chi connectivity index (χ0n) is 17.2. The quantitative estimate of drug-likeness (QED) is 0.317. The monoisotopic (exact) mass is 402 g/mol. The van der Waals surface area contributed by atoms with Crippen LogP contribution in [-0.4, -0.2) is 41.8 Å². The highest BCUT2D eigenvalue weighted by molar-refractivity contribution is 5.83. The standard InChI is InChI=1S/C18H30F4O5/c1-9-15(5,6)12(23)27-16(7,13(24)26-14(2,3)4)25-11-10-18(21,22)17(8,19)20/h9-11H2,1-8H3. The van der Waals surface area contributed by atoms with Crippen LogP contribution in [0.2, 0.25) is 0 Å². The highest BCUT2D eigenvalue weighted by atomic mass is 19.3. The molecule has 0 amide bonds. The van der Waals surface area contributed by atoms with Crippen LogP contribution in [0, 0.1) is 5.41 Å². The molecule has 0 fully saturated rings. The van der Waals surface area contributed by atoms with Crippen molar-refractivity contribution in [2.24, 2.45) is 5.41 Å². The predicted molar refractivity (Wildman–Crippen MR) is 90.6 cm³/mol. The second-order valence-electron chi connectivity index (χ2n) is 8.27. The third-order valence-electron chi connectivity index (χ3n) is 3.93. The first-order valence-electron chi connectivity index (χ1n) is 8.64. The SMILES string of the molecule is CCC(C)(C)C(=O)OC(C)(OCCC(F)(F)C(C)(F)F)C(=O)OC(C)(C)C. The molecule has 0 N–H and O–H groups in total. The van der Waals surface area contributed by atoms with E-state index in [0.717, 1.165) is 6.92 Å². The molecule has 0 saturated carbocycles. The summed E-state index contributed by atoms with van der Waals surface area (Å²) in [5.74, 6) is -12.9. The lowest BCUT2D eigenvalue weighted by molar-refractivity contribution is -0.257. The van der Waals surface area contributed by atoms with Gasteiger partial charge < -0.3 is 14.2 Å². The van der Waals surface area contributed by atoms with Gasteiger partial charge in [0.1, 0.15) is 5.60 Å². The van der Waals surface area contributed by atoms with E-state index in [2.05, 4.69) is 0 Å². The van der Waals surface area contributed by atoms with Gasteiger partial charge in [-0.1, -0.05) is 6.92 Å². The molecule has 0 heterocycles. The summed E-state index contributed by atoms with van der Waals surface area (Å²) >= 11 is 0. The largest absolute Gasteiger partial charge is 0.455 e. The van der Waals surface area contributed by atoms with Gasteiger partial charge in [-0.3, -0.25) is 4.79 Å². The average molecular weight is 402 g/mol. The van der Waals surface area contributed by atoms with Gasteiger partial charge in [-0.15, -0.1) is 0 Å². The van der Waals surface area contributed by atoms with Crippen LogP contribution in [-0.2, 0) is 23.8 Å². The molecule has 0 aliphatic rings. The van der Waals surface area contributed by atoms with Crippen LogP contribution in [0.15, 0.2) is 0 Å². The van der Waals surface area contributed by atoms with E-state index in [1.807, 2.05) is 0 Å². The third-order valence-corrected chi connectivity index (χ3v) is 3.93. The summed E-state index contributed by atoms with van der Waals surface area (Å²) < 4.78 is 68.0. The lowest BCUT2D eigenvalue weighted by atomic mass is 9.90. The first-order chi connectivity index (χ1) is 11.8. The number of carbonyl (C=O) groups excluding carboxylic acids is 2. The maximum absolute atomic E-state index is 13.4. The van der Waals surface area contributed by atoms with E-state index >= 15 is 0 Å². The average Bonchev–Trinajstić information content (AvgIpc) is 2.43. The van der Waals surface area contributed by atoms with E-state index in [-0.39, 0.29) is 6.92 Å². The minimum Gasteiger partial charge on any atom is -0.455 e. The molecule has 0 aliphatic carbocycles.